The number of hydrogen-bond acceptors (Lipinski definition) is 0. The van der Waals surface area contributed by atoms with Gasteiger partial charge in [0.15, 0.2) is 0 Å². The van der Waals surface area contributed by atoms with Crippen molar-refractivity contribution in [1.29, 1.82) is 0 Å². The topological polar surface area (TPSA) is 0 Å². The number of hydrogen-bond donors (Lipinski definition) is 0. The summed E-state index contributed by atoms with van der Waals surface area (Å²) in [6.45, 7) is 4.60. The van der Waals surface area contributed by atoms with Crippen molar-refractivity contribution in [2.24, 2.45) is 29.6 Å². The van der Waals surface area contributed by atoms with E-state index in [2.05, 4.69) is 13.8 Å². The first-order chi connectivity index (χ1) is 15.1. The third kappa shape index (κ3) is 7.18. The molecule has 0 N–H and O–H groups in total. The Morgan fingerprint density at radius 1 is 0.781 bits per heavy atom. The van der Waals surface area contributed by atoms with Crippen molar-refractivity contribution in [1.82, 2.24) is 0 Å². The van der Waals surface area contributed by atoms with Gasteiger partial charge in [0.2, 0.25) is 0 Å². The minimum atomic E-state index is -5.00. The lowest BCUT2D eigenvalue weighted by Gasteiger charge is -2.38. The smallest absolute Gasteiger partial charge is 0.206 e. The molecule has 32 heavy (non-hydrogen) atoms. The average molecular weight is 459 g/mol. The number of benzene rings is 1. The monoisotopic (exact) mass is 458 g/mol. The molecule has 0 radical (unpaired) electrons. The number of aryl methyl sites for hydroxylation is 1. The van der Waals surface area contributed by atoms with Gasteiger partial charge in [0.25, 0.3) is 0 Å². The summed E-state index contributed by atoms with van der Waals surface area (Å²) in [5, 5.41) is 0. The normalized spacial score (nSPS) is 27.1. The Morgan fingerprint density at radius 3 is 1.69 bits per heavy atom. The molecule has 2 fully saturated rings. The van der Waals surface area contributed by atoms with Crippen LogP contribution in [-0.2, 0) is 12.6 Å². The summed E-state index contributed by atoms with van der Waals surface area (Å²) in [5.41, 5.74) is -1.46. The Kier molecular flexibility index (Phi) is 9.03. The fourth-order valence-electron chi connectivity index (χ4n) is 6.12. The minimum absolute atomic E-state index is 0.325. The van der Waals surface area contributed by atoms with E-state index in [1.165, 1.54) is 57.8 Å². The molecular weight excluding hydrogens is 419 g/mol. The summed E-state index contributed by atoms with van der Waals surface area (Å²) in [6, 6.07) is 1.72. The van der Waals surface area contributed by atoms with Crippen molar-refractivity contribution in [2.75, 3.05) is 0 Å². The van der Waals surface area contributed by atoms with E-state index in [1.807, 2.05) is 0 Å². The van der Waals surface area contributed by atoms with Crippen LogP contribution in [0.25, 0.3) is 0 Å². The van der Waals surface area contributed by atoms with Crippen LogP contribution in [0.2, 0.25) is 0 Å². The van der Waals surface area contributed by atoms with Crippen LogP contribution in [0.4, 0.5) is 22.0 Å². The van der Waals surface area contributed by atoms with E-state index in [0.717, 1.165) is 55.1 Å². The largest absolute Gasteiger partial charge is 0.422 e. The molecule has 0 bridgehead atoms. The van der Waals surface area contributed by atoms with Gasteiger partial charge in [-0.3, -0.25) is 0 Å². The van der Waals surface area contributed by atoms with Gasteiger partial charge in [0, 0.05) is 0 Å². The summed E-state index contributed by atoms with van der Waals surface area (Å²) >= 11 is 0. The number of alkyl halides is 3. The molecular formula is C27H39F5. The van der Waals surface area contributed by atoms with Gasteiger partial charge < -0.3 is 0 Å². The van der Waals surface area contributed by atoms with Crippen LogP contribution in [0, 0.1) is 41.2 Å². The summed E-state index contributed by atoms with van der Waals surface area (Å²) in [4.78, 5) is 0. The average Bonchev–Trinajstić information content (AvgIpc) is 2.71. The van der Waals surface area contributed by atoms with Crippen molar-refractivity contribution >= 4 is 0 Å². The Hall–Kier alpha value is -1.13. The van der Waals surface area contributed by atoms with E-state index in [9.17, 15) is 22.0 Å². The second kappa shape index (κ2) is 11.3. The van der Waals surface area contributed by atoms with Crippen molar-refractivity contribution in [2.45, 2.75) is 103 Å². The fraction of sp³-hybridized carbons (Fsp3) is 0.778. The first kappa shape index (κ1) is 25.5. The molecule has 0 heterocycles. The van der Waals surface area contributed by atoms with Crippen molar-refractivity contribution in [3.63, 3.8) is 0 Å². The Bertz CT molecular complexity index is 684. The van der Waals surface area contributed by atoms with Crippen LogP contribution in [0.15, 0.2) is 12.1 Å². The van der Waals surface area contributed by atoms with E-state index in [4.69, 9.17) is 0 Å². The highest BCUT2D eigenvalue weighted by Crippen LogP contribution is 2.43. The minimum Gasteiger partial charge on any atom is -0.206 e. The van der Waals surface area contributed by atoms with Gasteiger partial charge in [-0.1, -0.05) is 58.8 Å². The molecule has 3 rings (SSSR count). The summed E-state index contributed by atoms with van der Waals surface area (Å²) in [7, 11) is 0. The molecule has 0 saturated heterocycles. The van der Waals surface area contributed by atoms with Crippen molar-refractivity contribution in [3.05, 3.63) is 34.9 Å². The fourth-order valence-corrected chi connectivity index (χ4v) is 6.12. The SMILES string of the molecule is CC(C)CCCC1CCC(C2CCC(CCc3cc(F)c(C(F)(F)F)c(F)c3)CC2)CC1. The Morgan fingerprint density at radius 2 is 1.25 bits per heavy atom. The zero-order valence-electron chi connectivity index (χ0n) is 19.6. The van der Waals surface area contributed by atoms with Gasteiger partial charge in [0.1, 0.15) is 17.2 Å². The third-order valence-corrected chi connectivity index (χ3v) is 8.07. The molecule has 1 aromatic rings. The highest BCUT2D eigenvalue weighted by molar-refractivity contribution is 5.28. The van der Waals surface area contributed by atoms with Crippen molar-refractivity contribution in [3.8, 4) is 0 Å². The standard InChI is InChI=1S/C27H39F5/c1-18(2)4-3-5-19-8-12-22(13-9-19)23-14-10-20(11-15-23)6-7-21-16-24(28)26(25(29)17-21)27(30,31)32/h16-20,22-23H,3-15H2,1-2H3. The maximum absolute atomic E-state index is 13.8. The molecule has 5 heteroatoms. The van der Waals surface area contributed by atoms with Gasteiger partial charge in [-0.2, -0.15) is 13.2 Å². The maximum atomic E-state index is 13.8. The van der Waals surface area contributed by atoms with E-state index in [1.54, 1.807) is 0 Å². The molecule has 0 spiro atoms. The molecule has 0 unspecified atom stereocenters. The van der Waals surface area contributed by atoms with E-state index in [-0.39, 0.29) is 0 Å². The van der Waals surface area contributed by atoms with Crippen LogP contribution >= 0.6 is 0 Å². The van der Waals surface area contributed by atoms with Crippen LogP contribution < -0.4 is 0 Å². The second-order valence-corrected chi connectivity index (χ2v) is 10.9. The molecule has 0 nitrogen and oxygen atoms in total. The molecule has 2 saturated carbocycles. The van der Waals surface area contributed by atoms with Gasteiger partial charge in [-0.25, -0.2) is 8.78 Å². The quantitative estimate of drug-likeness (QED) is 0.340. The predicted molar refractivity (Wildman–Crippen MR) is 119 cm³/mol. The highest BCUT2D eigenvalue weighted by atomic mass is 19.4. The highest BCUT2D eigenvalue weighted by Gasteiger charge is 2.38. The number of rotatable bonds is 8. The van der Waals surface area contributed by atoms with E-state index in [0.29, 0.717) is 17.9 Å². The lowest BCUT2D eigenvalue weighted by molar-refractivity contribution is -0.142. The molecule has 2 aliphatic rings. The molecule has 182 valence electrons. The van der Waals surface area contributed by atoms with Gasteiger partial charge in [-0.05, 0) is 85.8 Å². The van der Waals surface area contributed by atoms with Gasteiger partial charge in [-0.15, -0.1) is 0 Å². The second-order valence-electron chi connectivity index (χ2n) is 10.9. The Labute approximate surface area is 190 Å². The first-order valence-electron chi connectivity index (χ1n) is 12.7. The van der Waals surface area contributed by atoms with E-state index >= 15 is 0 Å². The molecule has 0 aliphatic heterocycles. The van der Waals surface area contributed by atoms with Crippen LogP contribution in [0.1, 0.15) is 102 Å². The molecule has 0 atom stereocenters. The number of halogens is 5. The molecule has 1 aromatic carbocycles. The van der Waals surface area contributed by atoms with Crippen LogP contribution in [0.3, 0.4) is 0 Å². The summed E-state index contributed by atoms with van der Waals surface area (Å²) < 4.78 is 65.8. The zero-order chi connectivity index (χ0) is 23.3. The van der Waals surface area contributed by atoms with Gasteiger partial charge >= 0.3 is 6.18 Å². The maximum Gasteiger partial charge on any atom is 0.422 e. The molecule has 0 amide bonds. The van der Waals surface area contributed by atoms with Crippen LogP contribution in [0.5, 0.6) is 0 Å². The lowest BCUT2D eigenvalue weighted by Crippen LogP contribution is -2.26. The zero-order valence-corrected chi connectivity index (χ0v) is 19.6. The lowest BCUT2D eigenvalue weighted by atomic mass is 9.68. The van der Waals surface area contributed by atoms with Crippen LogP contribution in [-0.4, -0.2) is 0 Å². The summed E-state index contributed by atoms with van der Waals surface area (Å²) in [6.07, 6.45) is 10.5. The summed E-state index contributed by atoms with van der Waals surface area (Å²) in [5.74, 6) is 0.892. The van der Waals surface area contributed by atoms with Crippen molar-refractivity contribution < 1.29 is 22.0 Å². The predicted octanol–water partition coefficient (Wildman–Crippen LogP) is 9.36. The Balaban J connectivity index is 1.39. The molecule has 2 aliphatic carbocycles. The van der Waals surface area contributed by atoms with E-state index < -0.39 is 23.4 Å². The third-order valence-electron chi connectivity index (χ3n) is 8.07. The molecule has 0 aromatic heterocycles. The van der Waals surface area contributed by atoms with Gasteiger partial charge in [0.05, 0.1) is 0 Å². The first-order valence-corrected chi connectivity index (χ1v) is 12.7.